The number of imidazole rings is 1. The highest BCUT2D eigenvalue weighted by molar-refractivity contribution is 6.30. The van der Waals surface area contributed by atoms with Gasteiger partial charge in [-0.3, -0.25) is 0 Å². The maximum absolute atomic E-state index is 5.94. The van der Waals surface area contributed by atoms with Gasteiger partial charge in [0.1, 0.15) is 5.82 Å². The Kier molecular flexibility index (Phi) is 4.61. The minimum Gasteiger partial charge on any atom is -0.337 e. The Balaban J connectivity index is 2.08. The van der Waals surface area contributed by atoms with Gasteiger partial charge in [-0.1, -0.05) is 37.6 Å². The predicted molar refractivity (Wildman–Crippen MR) is 79.1 cm³/mol. The first kappa shape index (κ1) is 14.1. The zero-order valence-corrected chi connectivity index (χ0v) is 12.4. The fourth-order valence-electron chi connectivity index (χ4n) is 2.18. The highest BCUT2D eigenvalue weighted by atomic mass is 35.5. The minimum absolute atomic E-state index is 0.300. The van der Waals surface area contributed by atoms with Crippen LogP contribution in [0.25, 0.3) is 0 Å². The molecule has 2 aromatic rings. The Hall–Kier alpha value is -1.32. The zero-order valence-electron chi connectivity index (χ0n) is 11.6. The molecule has 1 unspecified atom stereocenters. The predicted octanol–water partition coefficient (Wildman–Crippen LogP) is 3.56. The number of aryl methyl sites for hydroxylation is 1. The van der Waals surface area contributed by atoms with Crippen molar-refractivity contribution < 1.29 is 0 Å². The highest BCUT2D eigenvalue weighted by Crippen LogP contribution is 2.23. The van der Waals surface area contributed by atoms with E-state index >= 15 is 0 Å². The average Bonchev–Trinajstić information content (AvgIpc) is 2.77. The fraction of sp³-hybridized carbons (Fsp3) is 0.400. The summed E-state index contributed by atoms with van der Waals surface area (Å²) in [5.74, 6) is 1.54. The summed E-state index contributed by atoms with van der Waals surface area (Å²) < 4.78 is 2.03. The zero-order chi connectivity index (χ0) is 13.8. The monoisotopic (exact) mass is 277 g/mol. The van der Waals surface area contributed by atoms with Crippen LogP contribution in [0.4, 0.5) is 0 Å². The van der Waals surface area contributed by atoms with Crippen molar-refractivity contribution >= 4 is 11.6 Å². The molecular formula is C15H20ClN3. The van der Waals surface area contributed by atoms with Gasteiger partial charge in [0.25, 0.3) is 0 Å². The van der Waals surface area contributed by atoms with Gasteiger partial charge in [-0.25, -0.2) is 4.98 Å². The first-order chi connectivity index (χ1) is 9.08. The highest BCUT2D eigenvalue weighted by Gasteiger charge is 2.15. The van der Waals surface area contributed by atoms with Gasteiger partial charge in [-0.05, 0) is 23.6 Å². The van der Waals surface area contributed by atoms with Gasteiger partial charge >= 0.3 is 0 Å². The normalized spacial score (nSPS) is 12.9. The summed E-state index contributed by atoms with van der Waals surface area (Å²) in [7, 11) is 2.01. The van der Waals surface area contributed by atoms with Gasteiger partial charge in [0.2, 0.25) is 0 Å². The van der Waals surface area contributed by atoms with Crippen LogP contribution in [-0.4, -0.2) is 9.55 Å². The lowest BCUT2D eigenvalue weighted by molar-refractivity contribution is 0.403. The summed E-state index contributed by atoms with van der Waals surface area (Å²) in [6.07, 6.45) is 3.79. The van der Waals surface area contributed by atoms with Crippen LogP contribution in [0.5, 0.6) is 0 Å². The molecule has 1 heterocycles. The molecule has 0 spiro atoms. The average molecular weight is 278 g/mol. The summed E-state index contributed by atoms with van der Waals surface area (Å²) in [6.45, 7) is 5.18. The smallest absolute Gasteiger partial charge is 0.122 e. The molecule has 0 saturated carbocycles. The Morgan fingerprint density at radius 3 is 2.47 bits per heavy atom. The van der Waals surface area contributed by atoms with E-state index in [2.05, 4.69) is 36.3 Å². The van der Waals surface area contributed by atoms with Crippen molar-refractivity contribution in [3.8, 4) is 0 Å². The van der Waals surface area contributed by atoms with Crippen LogP contribution in [0.2, 0.25) is 5.02 Å². The Bertz CT molecular complexity index is 516. The van der Waals surface area contributed by atoms with Crippen molar-refractivity contribution in [3.05, 3.63) is 53.1 Å². The molecule has 1 aromatic carbocycles. The summed E-state index contributed by atoms with van der Waals surface area (Å²) in [6, 6.07) is 8.34. The molecule has 0 radical (unpaired) electrons. The van der Waals surface area contributed by atoms with Crippen molar-refractivity contribution in [3.63, 3.8) is 0 Å². The lowest BCUT2D eigenvalue weighted by atomic mass is 9.96. The number of nitrogens with one attached hydrogen (secondary N) is 1. The molecule has 3 nitrogen and oxygen atoms in total. The number of rotatable bonds is 5. The topological polar surface area (TPSA) is 29.9 Å². The Morgan fingerprint density at radius 2 is 1.95 bits per heavy atom. The molecule has 0 fully saturated rings. The largest absolute Gasteiger partial charge is 0.337 e. The van der Waals surface area contributed by atoms with Crippen LogP contribution in [0.1, 0.15) is 31.3 Å². The van der Waals surface area contributed by atoms with Crippen molar-refractivity contribution in [2.45, 2.75) is 26.4 Å². The summed E-state index contributed by atoms with van der Waals surface area (Å²) in [4.78, 5) is 4.33. The van der Waals surface area contributed by atoms with E-state index in [0.717, 1.165) is 17.4 Å². The van der Waals surface area contributed by atoms with Crippen molar-refractivity contribution in [1.29, 1.82) is 0 Å². The van der Waals surface area contributed by atoms with Crippen molar-refractivity contribution in [1.82, 2.24) is 14.9 Å². The quantitative estimate of drug-likeness (QED) is 0.906. The third-order valence-corrected chi connectivity index (χ3v) is 3.55. The number of aromatic nitrogens is 2. The molecule has 4 heteroatoms. The van der Waals surface area contributed by atoms with Crippen LogP contribution >= 0.6 is 11.6 Å². The SMILES string of the molecule is CC(C)C(NCc1nccn1C)c1ccc(Cl)cc1. The standard InChI is InChI=1S/C15H20ClN3/c1-11(2)15(12-4-6-13(16)7-5-12)18-10-14-17-8-9-19(14)3/h4-9,11,15,18H,10H2,1-3H3. The molecule has 1 atom stereocenters. The second-order valence-corrected chi connectivity index (χ2v) is 5.54. The number of halogens is 1. The summed E-state index contributed by atoms with van der Waals surface area (Å²) in [5, 5.41) is 4.35. The van der Waals surface area contributed by atoms with Crippen LogP contribution in [0, 0.1) is 5.92 Å². The number of hydrogen-bond donors (Lipinski definition) is 1. The number of nitrogens with zero attached hydrogens (tertiary/aromatic N) is 2. The van der Waals surface area contributed by atoms with Crippen LogP contribution < -0.4 is 5.32 Å². The number of hydrogen-bond acceptors (Lipinski definition) is 2. The third kappa shape index (κ3) is 3.58. The molecule has 0 saturated heterocycles. The molecular weight excluding hydrogens is 258 g/mol. The van der Waals surface area contributed by atoms with Crippen LogP contribution in [0.15, 0.2) is 36.7 Å². The van der Waals surface area contributed by atoms with Gasteiger partial charge in [-0.15, -0.1) is 0 Å². The number of benzene rings is 1. The maximum Gasteiger partial charge on any atom is 0.122 e. The molecule has 1 N–H and O–H groups in total. The third-order valence-electron chi connectivity index (χ3n) is 3.30. The van der Waals surface area contributed by atoms with E-state index in [-0.39, 0.29) is 0 Å². The van der Waals surface area contributed by atoms with Gasteiger partial charge in [0.15, 0.2) is 0 Å². The van der Waals surface area contributed by atoms with Crippen molar-refractivity contribution in [2.75, 3.05) is 0 Å². The van der Waals surface area contributed by atoms with Crippen LogP contribution in [-0.2, 0) is 13.6 Å². The maximum atomic E-state index is 5.94. The van der Waals surface area contributed by atoms with E-state index in [1.165, 1.54) is 5.56 Å². The first-order valence-corrected chi connectivity index (χ1v) is 6.90. The van der Waals surface area contributed by atoms with E-state index < -0.39 is 0 Å². The van der Waals surface area contributed by atoms with E-state index in [0.29, 0.717) is 12.0 Å². The Labute approximate surface area is 119 Å². The van der Waals surface area contributed by atoms with Gasteiger partial charge in [0, 0.05) is 30.5 Å². The van der Waals surface area contributed by atoms with Gasteiger partial charge < -0.3 is 9.88 Å². The molecule has 2 rings (SSSR count). The Morgan fingerprint density at radius 1 is 1.26 bits per heavy atom. The van der Waals surface area contributed by atoms with E-state index in [4.69, 9.17) is 11.6 Å². The molecule has 0 amide bonds. The van der Waals surface area contributed by atoms with E-state index in [1.807, 2.05) is 36.1 Å². The molecule has 1 aromatic heterocycles. The molecule has 0 bridgehead atoms. The molecule has 0 aliphatic heterocycles. The fourth-order valence-corrected chi connectivity index (χ4v) is 2.30. The van der Waals surface area contributed by atoms with Gasteiger partial charge in [-0.2, -0.15) is 0 Å². The lowest BCUT2D eigenvalue weighted by Crippen LogP contribution is -2.26. The minimum atomic E-state index is 0.300. The van der Waals surface area contributed by atoms with E-state index in [1.54, 1.807) is 0 Å². The van der Waals surface area contributed by atoms with Crippen LogP contribution in [0.3, 0.4) is 0 Å². The molecule has 19 heavy (non-hydrogen) atoms. The van der Waals surface area contributed by atoms with Gasteiger partial charge in [0.05, 0.1) is 6.54 Å². The van der Waals surface area contributed by atoms with Crippen molar-refractivity contribution in [2.24, 2.45) is 13.0 Å². The second kappa shape index (κ2) is 6.22. The van der Waals surface area contributed by atoms with E-state index in [9.17, 15) is 0 Å². The summed E-state index contributed by atoms with van der Waals surface area (Å²) in [5.41, 5.74) is 1.26. The molecule has 102 valence electrons. The lowest BCUT2D eigenvalue weighted by Gasteiger charge is -2.23. The summed E-state index contributed by atoms with van der Waals surface area (Å²) >= 11 is 5.94. The first-order valence-electron chi connectivity index (χ1n) is 6.53. The second-order valence-electron chi connectivity index (χ2n) is 5.11. The molecule has 0 aliphatic rings. The molecule has 0 aliphatic carbocycles.